The predicted molar refractivity (Wildman–Crippen MR) is 81.4 cm³/mol. The second-order valence-electron chi connectivity index (χ2n) is 5.12. The molecule has 4 atom stereocenters. The van der Waals surface area contributed by atoms with Crippen LogP contribution in [0.15, 0.2) is 29.2 Å². The number of carbonyl (C=O) groups is 2. The molecule has 0 saturated carbocycles. The summed E-state index contributed by atoms with van der Waals surface area (Å²) < 4.78 is 24.2. The Morgan fingerprint density at radius 3 is 2.28 bits per heavy atom. The van der Waals surface area contributed by atoms with Crippen molar-refractivity contribution < 1.29 is 43.5 Å². The first-order chi connectivity index (χ1) is 11.5. The second kappa shape index (κ2) is 7.97. The highest BCUT2D eigenvalue weighted by atomic mass is 32.2. The smallest absolute Gasteiger partial charge is 0.266 e. The number of carbonyl (C=O) groups excluding carboxylic acids is 2. The van der Waals surface area contributed by atoms with Gasteiger partial charge in [0.1, 0.15) is 23.2 Å². The molecular formula is C13H18N2O9S. The molecule has 8 N–H and O–H groups in total. The molecule has 25 heavy (non-hydrogen) atoms. The van der Waals surface area contributed by atoms with Crippen LogP contribution in [0.5, 0.6) is 0 Å². The normalized spacial score (nSPS) is 20.8. The summed E-state index contributed by atoms with van der Waals surface area (Å²) in [6, 6.07) is 6.09. The van der Waals surface area contributed by atoms with E-state index in [1.165, 1.54) is 12.1 Å². The maximum absolute atomic E-state index is 11.1. The first kappa shape index (κ1) is 21.1. The van der Waals surface area contributed by atoms with E-state index < -0.39 is 46.6 Å². The Hall–Kier alpha value is -1.93. The maximum Gasteiger partial charge on any atom is 0.266 e. The van der Waals surface area contributed by atoms with E-state index in [0.717, 1.165) is 0 Å². The quantitative estimate of drug-likeness (QED) is 0.195. The van der Waals surface area contributed by atoms with Crippen LogP contribution in [0, 0.1) is 0 Å². The fourth-order valence-electron chi connectivity index (χ4n) is 1.78. The van der Waals surface area contributed by atoms with Crippen LogP contribution in [0.4, 0.5) is 0 Å². The van der Waals surface area contributed by atoms with E-state index in [9.17, 15) is 18.0 Å². The van der Waals surface area contributed by atoms with E-state index in [4.69, 9.17) is 31.3 Å². The molecule has 0 aliphatic carbocycles. The lowest BCUT2D eigenvalue weighted by molar-refractivity contribution is -0.163. The average Bonchev–Trinajstić information content (AvgIpc) is 2.83. The Balaban J connectivity index is 0.000000250. The van der Waals surface area contributed by atoms with Gasteiger partial charge in [0.25, 0.3) is 15.9 Å². The third-order valence-corrected chi connectivity index (χ3v) is 4.60. The standard InChI is InChI=1S/C7H5NO3S.C6H13NO6/c9-7-5-3-1-2-4-6(5)12(10,11)8-7;7-6(13,2-9)5(12)4(11)3(10)1-8/h1-4H,(H,8,9);2-5,8,10-13H,1,7H2/t;3-,4-,5+,6+/m.1/s1. The maximum atomic E-state index is 11.1. The van der Waals surface area contributed by atoms with Gasteiger partial charge in [-0.05, 0) is 12.1 Å². The lowest BCUT2D eigenvalue weighted by Gasteiger charge is -2.28. The van der Waals surface area contributed by atoms with Crippen molar-refractivity contribution in [3.8, 4) is 0 Å². The fraction of sp³-hybridized carbons (Fsp3) is 0.385. The predicted octanol–water partition coefficient (Wildman–Crippen LogP) is -3.97. The minimum absolute atomic E-state index is 0.0648. The van der Waals surface area contributed by atoms with Crippen molar-refractivity contribution in [2.24, 2.45) is 5.73 Å². The molecule has 1 heterocycles. The van der Waals surface area contributed by atoms with Gasteiger partial charge in [-0.25, -0.2) is 13.1 Å². The molecule has 12 heteroatoms. The third-order valence-electron chi connectivity index (χ3n) is 3.22. The number of aliphatic hydroxyl groups excluding tert-OH is 4. The molecule has 0 bridgehead atoms. The number of hydrogen-bond donors (Lipinski definition) is 7. The van der Waals surface area contributed by atoms with Gasteiger partial charge in [-0.3, -0.25) is 15.3 Å². The van der Waals surface area contributed by atoms with Gasteiger partial charge in [0.05, 0.1) is 12.2 Å². The lowest BCUT2D eigenvalue weighted by Crippen LogP contribution is -2.60. The fourth-order valence-corrected chi connectivity index (χ4v) is 2.95. The van der Waals surface area contributed by atoms with E-state index in [0.29, 0.717) is 0 Å². The number of amides is 1. The number of hydrogen-bond acceptors (Lipinski definition) is 10. The number of aliphatic hydroxyl groups is 5. The highest BCUT2D eigenvalue weighted by Gasteiger charge is 2.39. The highest BCUT2D eigenvalue weighted by molar-refractivity contribution is 7.90. The number of nitrogens with two attached hydrogens (primary N) is 1. The summed E-state index contributed by atoms with van der Waals surface area (Å²) in [5, 5.41) is 44.1. The number of fused-ring (bicyclic) bond motifs is 1. The topological polar surface area (TPSA) is 207 Å². The third kappa shape index (κ3) is 4.79. The second-order valence-corrected chi connectivity index (χ2v) is 6.77. The largest absolute Gasteiger partial charge is 0.394 e. The summed E-state index contributed by atoms with van der Waals surface area (Å²) in [5.74, 6) is -0.550. The average molecular weight is 378 g/mol. The van der Waals surface area contributed by atoms with Crippen molar-refractivity contribution in [3.63, 3.8) is 0 Å². The van der Waals surface area contributed by atoms with Gasteiger partial charge in [0.2, 0.25) is 0 Å². The van der Waals surface area contributed by atoms with Crippen LogP contribution in [0.2, 0.25) is 0 Å². The molecule has 1 aromatic carbocycles. The van der Waals surface area contributed by atoms with Crippen molar-refractivity contribution in [2.45, 2.75) is 28.9 Å². The first-order valence-electron chi connectivity index (χ1n) is 6.76. The van der Waals surface area contributed by atoms with E-state index in [1.807, 2.05) is 4.72 Å². The Morgan fingerprint density at radius 2 is 1.80 bits per heavy atom. The minimum atomic E-state index is -3.55. The molecule has 140 valence electrons. The molecule has 1 aliphatic heterocycles. The summed E-state index contributed by atoms with van der Waals surface area (Å²) >= 11 is 0. The Morgan fingerprint density at radius 1 is 1.24 bits per heavy atom. The zero-order chi connectivity index (χ0) is 19.4. The van der Waals surface area contributed by atoms with Crippen LogP contribution in [0.1, 0.15) is 10.4 Å². The summed E-state index contributed by atoms with van der Waals surface area (Å²) in [7, 11) is -3.55. The van der Waals surface area contributed by atoms with Crippen molar-refractivity contribution in [3.05, 3.63) is 29.8 Å². The molecule has 0 spiro atoms. The molecule has 1 aliphatic rings. The van der Waals surface area contributed by atoms with E-state index in [2.05, 4.69) is 0 Å². The van der Waals surface area contributed by atoms with Gasteiger partial charge in [-0.2, -0.15) is 0 Å². The number of rotatable bonds is 5. The van der Waals surface area contributed by atoms with E-state index in [-0.39, 0.29) is 16.7 Å². The van der Waals surface area contributed by atoms with Crippen LogP contribution in [-0.2, 0) is 14.8 Å². The first-order valence-corrected chi connectivity index (χ1v) is 8.25. The van der Waals surface area contributed by atoms with E-state index >= 15 is 0 Å². The van der Waals surface area contributed by atoms with Gasteiger partial charge >= 0.3 is 0 Å². The van der Waals surface area contributed by atoms with Crippen LogP contribution in [0.25, 0.3) is 0 Å². The van der Waals surface area contributed by atoms with Crippen molar-refractivity contribution in [1.82, 2.24) is 4.72 Å². The summed E-state index contributed by atoms with van der Waals surface area (Å²) in [4.78, 5) is 21.1. The highest BCUT2D eigenvalue weighted by Crippen LogP contribution is 2.20. The minimum Gasteiger partial charge on any atom is -0.394 e. The zero-order valence-electron chi connectivity index (χ0n) is 12.7. The van der Waals surface area contributed by atoms with Gasteiger partial charge in [-0.1, -0.05) is 12.1 Å². The Kier molecular flexibility index (Phi) is 6.73. The number of aldehydes is 1. The lowest BCUT2D eigenvalue weighted by atomic mass is 10.00. The molecule has 1 aromatic rings. The summed E-state index contributed by atoms with van der Waals surface area (Å²) in [6.07, 6.45) is -5.81. The van der Waals surface area contributed by atoms with Gasteiger partial charge < -0.3 is 25.5 Å². The number of benzene rings is 1. The Bertz CT molecular complexity index is 735. The van der Waals surface area contributed by atoms with Gasteiger partial charge in [0.15, 0.2) is 12.0 Å². The van der Waals surface area contributed by atoms with E-state index in [1.54, 1.807) is 12.1 Å². The molecule has 1 amide bonds. The molecular weight excluding hydrogens is 360 g/mol. The monoisotopic (exact) mass is 378 g/mol. The van der Waals surface area contributed by atoms with Crippen LogP contribution < -0.4 is 10.5 Å². The zero-order valence-corrected chi connectivity index (χ0v) is 13.5. The van der Waals surface area contributed by atoms with Gasteiger partial charge in [0, 0.05) is 0 Å². The molecule has 0 aromatic heterocycles. The van der Waals surface area contributed by atoms with Crippen molar-refractivity contribution in [1.29, 1.82) is 0 Å². The van der Waals surface area contributed by atoms with Crippen molar-refractivity contribution in [2.75, 3.05) is 6.61 Å². The molecule has 0 fully saturated rings. The molecule has 11 nitrogen and oxygen atoms in total. The van der Waals surface area contributed by atoms with Crippen molar-refractivity contribution >= 4 is 22.2 Å². The molecule has 2 rings (SSSR count). The number of sulfonamides is 1. The number of nitrogens with one attached hydrogen (secondary N) is 1. The van der Waals surface area contributed by atoms with Gasteiger partial charge in [-0.15, -0.1) is 0 Å². The summed E-state index contributed by atoms with van der Waals surface area (Å²) in [5.41, 5.74) is 2.41. The molecule has 0 radical (unpaired) electrons. The summed E-state index contributed by atoms with van der Waals surface area (Å²) in [6.45, 7) is -0.826. The molecule has 0 unspecified atom stereocenters. The van der Waals surface area contributed by atoms with Crippen LogP contribution in [-0.4, -0.2) is 76.8 Å². The van der Waals surface area contributed by atoms with Crippen LogP contribution in [0.3, 0.4) is 0 Å². The Labute approximate surface area is 142 Å². The SMILES string of the molecule is N[C@](O)(C=O)[C@@H](O)[C@H](O)[C@H](O)CO.O=C1NS(=O)(=O)c2ccccc21. The molecule has 0 saturated heterocycles. The van der Waals surface area contributed by atoms with Crippen LogP contribution >= 0.6 is 0 Å².